The molecule has 1 saturated carbocycles. The molecule has 3 aromatic heterocycles. The van der Waals surface area contributed by atoms with E-state index in [-0.39, 0.29) is 23.4 Å². The molecule has 0 aliphatic heterocycles. The maximum absolute atomic E-state index is 13.5. The minimum atomic E-state index is -1.05. The maximum Gasteiger partial charge on any atom is 0.338 e. The molecule has 35 heavy (non-hydrogen) atoms. The van der Waals surface area contributed by atoms with E-state index in [2.05, 4.69) is 11.9 Å². The fourth-order valence-electron chi connectivity index (χ4n) is 4.70. The number of thiophene rings is 1. The van der Waals surface area contributed by atoms with Gasteiger partial charge < -0.3 is 18.8 Å². The van der Waals surface area contributed by atoms with Crippen molar-refractivity contribution in [2.45, 2.75) is 52.5 Å². The molecule has 0 bridgehead atoms. The van der Waals surface area contributed by atoms with Gasteiger partial charge in [-0.15, -0.1) is 11.3 Å². The second-order valence-corrected chi connectivity index (χ2v) is 10.6. The molecule has 1 aliphatic rings. The van der Waals surface area contributed by atoms with Gasteiger partial charge in [0.05, 0.1) is 5.56 Å². The molecule has 0 atom stereocenters. The highest BCUT2D eigenvalue weighted by Gasteiger charge is 2.33. The molecule has 4 aromatic rings. The Hall–Kier alpha value is -3.39. The predicted molar refractivity (Wildman–Crippen MR) is 136 cm³/mol. The summed E-state index contributed by atoms with van der Waals surface area (Å²) in [6.45, 7) is 6.07. The molecule has 5 rings (SSSR count). The van der Waals surface area contributed by atoms with Crippen LogP contribution in [-0.2, 0) is 4.79 Å². The molecule has 0 spiro atoms. The Labute approximate surface area is 207 Å². The number of para-hydroxylation sites is 2. The fraction of sp³-hybridized carbons (Fsp3) is 0.370. The van der Waals surface area contributed by atoms with Gasteiger partial charge in [-0.3, -0.25) is 4.79 Å². The Bertz CT molecular complexity index is 1340. The summed E-state index contributed by atoms with van der Waals surface area (Å²) in [6, 6.07) is 10.7. The molecular weight excluding hydrogens is 464 g/mol. The zero-order valence-corrected chi connectivity index (χ0v) is 20.8. The number of oxazole rings is 1. The number of hydrogen-bond acceptors (Lipinski definition) is 6. The van der Waals surface area contributed by atoms with Crippen molar-refractivity contribution < 1.29 is 23.5 Å². The summed E-state index contributed by atoms with van der Waals surface area (Å²) in [5.41, 5.74) is 2.23. The minimum Gasteiger partial charge on any atom is -0.478 e. The Balaban J connectivity index is 1.48. The molecule has 8 heteroatoms. The van der Waals surface area contributed by atoms with Crippen molar-refractivity contribution in [3.63, 3.8) is 0 Å². The van der Waals surface area contributed by atoms with Crippen LogP contribution in [0.4, 0.5) is 5.00 Å². The van der Waals surface area contributed by atoms with Gasteiger partial charge in [-0.2, -0.15) is 0 Å². The van der Waals surface area contributed by atoms with Crippen LogP contribution in [0.2, 0.25) is 0 Å². The van der Waals surface area contributed by atoms with Gasteiger partial charge in [0.25, 0.3) is 5.89 Å². The van der Waals surface area contributed by atoms with Crippen LogP contribution in [-0.4, -0.2) is 28.0 Å². The van der Waals surface area contributed by atoms with Crippen LogP contribution in [0.3, 0.4) is 0 Å². The molecular formula is C27H28N2O5S. The number of aromatic nitrogens is 1. The number of carboxylic acids is 1. The molecule has 182 valence electrons. The third-order valence-electron chi connectivity index (χ3n) is 6.67. The predicted octanol–water partition coefficient (Wildman–Crippen LogP) is 7.08. The fourth-order valence-corrected chi connectivity index (χ4v) is 5.97. The van der Waals surface area contributed by atoms with E-state index in [9.17, 15) is 14.7 Å². The first kappa shape index (κ1) is 23.4. The van der Waals surface area contributed by atoms with Crippen molar-refractivity contribution >= 4 is 39.3 Å². The van der Waals surface area contributed by atoms with Gasteiger partial charge >= 0.3 is 5.97 Å². The molecule has 0 saturated heterocycles. The SMILES string of the molecule is CC1CCC(C(=O)N(c2sc(-c3coc(-c4nc5ccccc5o4)c3)cc2C(=O)O)C(C)C)CC1. The van der Waals surface area contributed by atoms with Crippen LogP contribution in [0.1, 0.15) is 56.8 Å². The number of carbonyl (C=O) groups is 2. The summed E-state index contributed by atoms with van der Waals surface area (Å²) in [5.74, 6) is 0.337. The largest absolute Gasteiger partial charge is 0.478 e. The van der Waals surface area contributed by atoms with E-state index in [0.29, 0.717) is 38.6 Å². The van der Waals surface area contributed by atoms with E-state index in [1.807, 2.05) is 38.1 Å². The first-order valence-corrected chi connectivity index (χ1v) is 12.8. The molecule has 1 amide bonds. The molecule has 1 aromatic carbocycles. The summed E-state index contributed by atoms with van der Waals surface area (Å²) < 4.78 is 11.5. The number of fused-ring (bicyclic) bond motifs is 1. The highest BCUT2D eigenvalue weighted by molar-refractivity contribution is 7.20. The van der Waals surface area contributed by atoms with Gasteiger partial charge in [-0.05, 0) is 69.7 Å². The molecule has 7 nitrogen and oxygen atoms in total. The second-order valence-electron chi connectivity index (χ2n) is 9.58. The minimum absolute atomic E-state index is 0.0159. The van der Waals surface area contributed by atoms with Crippen molar-refractivity contribution in [3.8, 4) is 22.1 Å². The lowest BCUT2D eigenvalue weighted by atomic mass is 9.82. The van der Waals surface area contributed by atoms with E-state index >= 15 is 0 Å². The second kappa shape index (κ2) is 9.34. The first-order valence-electron chi connectivity index (χ1n) is 12.0. The number of hydrogen-bond donors (Lipinski definition) is 1. The van der Waals surface area contributed by atoms with Crippen LogP contribution in [0.15, 0.2) is 51.5 Å². The third-order valence-corrected chi connectivity index (χ3v) is 7.85. The van der Waals surface area contributed by atoms with E-state index in [4.69, 9.17) is 8.83 Å². The number of anilines is 1. The molecule has 1 fully saturated rings. The maximum atomic E-state index is 13.5. The number of furan rings is 1. The highest BCUT2D eigenvalue weighted by Crippen LogP contribution is 2.42. The van der Waals surface area contributed by atoms with Crippen molar-refractivity contribution in [1.82, 2.24) is 4.98 Å². The van der Waals surface area contributed by atoms with Crippen molar-refractivity contribution in [3.05, 3.63) is 48.2 Å². The van der Waals surface area contributed by atoms with Crippen molar-refractivity contribution in [1.29, 1.82) is 0 Å². The van der Waals surface area contributed by atoms with E-state index < -0.39 is 5.97 Å². The van der Waals surface area contributed by atoms with Gasteiger partial charge in [0.1, 0.15) is 16.8 Å². The molecule has 1 N–H and O–H groups in total. The van der Waals surface area contributed by atoms with Crippen LogP contribution in [0, 0.1) is 11.8 Å². The van der Waals surface area contributed by atoms with E-state index in [1.54, 1.807) is 23.3 Å². The number of amides is 1. The Kier molecular flexibility index (Phi) is 6.23. The van der Waals surface area contributed by atoms with Gasteiger partial charge in [-0.1, -0.05) is 19.1 Å². The number of aromatic carboxylic acids is 1. The summed E-state index contributed by atoms with van der Waals surface area (Å²) in [7, 11) is 0. The van der Waals surface area contributed by atoms with Crippen molar-refractivity contribution in [2.24, 2.45) is 11.8 Å². The topological polar surface area (TPSA) is 96.8 Å². The highest BCUT2D eigenvalue weighted by atomic mass is 32.1. The van der Waals surface area contributed by atoms with Gasteiger partial charge in [0.15, 0.2) is 11.3 Å². The third kappa shape index (κ3) is 4.50. The summed E-state index contributed by atoms with van der Waals surface area (Å²) in [6.07, 6.45) is 5.31. The van der Waals surface area contributed by atoms with Crippen LogP contribution in [0.25, 0.3) is 33.2 Å². The number of benzene rings is 1. The van der Waals surface area contributed by atoms with Crippen LogP contribution in [0.5, 0.6) is 0 Å². The lowest BCUT2D eigenvalue weighted by molar-refractivity contribution is -0.123. The zero-order chi connectivity index (χ0) is 24.7. The number of nitrogens with zero attached hydrogens (tertiary/aromatic N) is 2. The molecule has 1 aliphatic carbocycles. The average Bonchev–Trinajstić information content (AvgIpc) is 3.57. The van der Waals surface area contributed by atoms with Crippen molar-refractivity contribution in [2.75, 3.05) is 4.90 Å². The van der Waals surface area contributed by atoms with Gasteiger partial charge in [0.2, 0.25) is 5.91 Å². The molecule has 0 radical (unpaired) electrons. The quantitative estimate of drug-likeness (QED) is 0.309. The molecule has 0 unspecified atom stereocenters. The van der Waals surface area contributed by atoms with Crippen LogP contribution >= 0.6 is 11.3 Å². The number of rotatable bonds is 6. The normalized spacial score (nSPS) is 18.3. The molecule has 3 heterocycles. The number of carboxylic acid groups (broad SMARTS) is 1. The summed E-state index contributed by atoms with van der Waals surface area (Å²) >= 11 is 1.30. The van der Waals surface area contributed by atoms with Crippen LogP contribution < -0.4 is 4.90 Å². The summed E-state index contributed by atoms with van der Waals surface area (Å²) in [4.78, 5) is 32.6. The monoisotopic (exact) mass is 492 g/mol. The van der Waals surface area contributed by atoms with Gasteiger partial charge in [0, 0.05) is 22.4 Å². The lowest BCUT2D eigenvalue weighted by Crippen LogP contribution is -2.42. The number of carbonyl (C=O) groups excluding carboxylic acids is 1. The zero-order valence-electron chi connectivity index (χ0n) is 20.0. The smallest absolute Gasteiger partial charge is 0.338 e. The Morgan fingerprint density at radius 1 is 1.14 bits per heavy atom. The van der Waals surface area contributed by atoms with E-state index in [0.717, 1.165) is 31.2 Å². The lowest BCUT2D eigenvalue weighted by Gasteiger charge is -2.33. The summed E-state index contributed by atoms with van der Waals surface area (Å²) in [5, 5.41) is 10.4. The van der Waals surface area contributed by atoms with E-state index in [1.165, 1.54) is 11.3 Å². The Morgan fingerprint density at radius 3 is 2.57 bits per heavy atom. The van der Waals surface area contributed by atoms with Gasteiger partial charge in [-0.25, -0.2) is 9.78 Å². The standard InChI is InChI=1S/C27H28N2O5S/c1-15(2)29(25(30)17-10-8-16(3)9-11-17)26-19(27(31)32)13-23(35-26)18-12-22(33-14-18)24-28-20-6-4-5-7-21(20)34-24/h4-7,12-17H,8-11H2,1-3H3,(H,31,32). The average molecular weight is 493 g/mol. The Morgan fingerprint density at radius 2 is 1.89 bits per heavy atom. The first-order chi connectivity index (χ1) is 16.8.